The number of benzene rings is 2. The molecule has 0 aliphatic rings. The maximum Gasteiger partial charge on any atom is 0.269 e. The molecule has 0 bridgehead atoms. The van der Waals surface area contributed by atoms with Gasteiger partial charge in [-0.1, -0.05) is 34.8 Å². The van der Waals surface area contributed by atoms with Crippen molar-refractivity contribution in [2.24, 2.45) is 0 Å². The zero-order chi connectivity index (χ0) is 16.3. The lowest BCUT2D eigenvalue weighted by atomic mass is 10.2. The average molecular weight is 378 g/mol. The lowest BCUT2D eigenvalue weighted by Gasteiger charge is -2.12. The van der Waals surface area contributed by atoms with Crippen molar-refractivity contribution in [3.63, 3.8) is 0 Å². The highest BCUT2D eigenvalue weighted by Crippen LogP contribution is 2.33. The van der Waals surface area contributed by atoms with Crippen molar-refractivity contribution in [3.8, 4) is 0 Å². The van der Waals surface area contributed by atoms with Gasteiger partial charge in [0, 0.05) is 32.5 Å². The minimum atomic E-state index is -1.09. The predicted molar refractivity (Wildman–Crippen MR) is 91.3 cm³/mol. The molecule has 1 amide bonds. The summed E-state index contributed by atoms with van der Waals surface area (Å²) in [5.41, 5.74) is 5.91. The van der Waals surface area contributed by atoms with Gasteiger partial charge in [0.2, 0.25) is 0 Å². The molecule has 2 aromatic rings. The summed E-state index contributed by atoms with van der Waals surface area (Å²) >= 11 is 17.8. The fourth-order valence-corrected chi connectivity index (χ4v) is 3.08. The second-order valence-electron chi connectivity index (χ2n) is 4.30. The van der Waals surface area contributed by atoms with E-state index in [1.165, 1.54) is 12.1 Å². The smallest absolute Gasteiger partial charge is 0.269 e. The van der Waals surface area contributed by atoms with Gasteiger partial charge in [0.25, 0.3) is 5.91 Å². The molecule has 22 heavy (non-hydrogen) atoms. The molecule has 1 atom stereocenters. The molecule has 0 heterocycles. The van der Waals surface area contributed by atoms with Crippen LogP contribution in [-0.2, 0) is 10.8 Å². The van der Waals surface area contributed by atoms with Crippen LogP contribution in [0.25, 0.3) is 0 Å². The Morgan fingerprint density at radius 1 is 1.05 bits per heavy atom. The van der Waals surface area contributed by atoms with Crippen molar-refractivity contribution in [1.29, 1.82) is 0 Å². The molecule has 1 unspecified atom stereocenters. The van der Waals surface area contributed by atoms with E-state index in [9.17, 15) is 9.00 Å². The van der Waals surface area contributed by atoms with Crippen LogP contribution in [0.5, 0.6) is 0 Å². The van der Waals surface area contributed by atoms with E-state index in [-0.39, 0.29) is 16.0 Å². The van der Waals surface area contributed by atoms with Gasteiger partial charge in [0.05, 0.1) is 15.7 Å². The van der Waals surface area contributed by atoms with E-state index in [1.807, 2.05) is 0 Å². The summed E-state index contributed by atoms with van der Waals surface area (Å²) in [4.78, 5) is 12.7. The van der Waals surface area contributed by atoms with E-state index in [4.69, 9.17) is 34.8 Å². The van der Waals surface area contributed by atoms with Crippen molar-refractivity contribution < 1.29 is 9.00 Å². The number of carbonyl (C=O) groups excluding carboxylic acids is 1. The molecule has 116 valence electrons. The summed E-state index contributed by atoms with van der Waals surface area (Å²) in [6, 6.07) is 9.45. The van der Waals surface area contributed by atoms with Gasteiger partial charge in [-0.05, 0) is 36.4 Å². The number of hydrogen-bond acceptors (Lipinski definition) is 3. The van der Waals surface area contributed by atoms with Crippen LogP contribution >= 0.6 is 34.8 Å². The van der Waals surface area contributed by atoms with Gasteiger partial charge in [0.15, 0.2) is 0 Å². The van der Waals surface area contributed by atoms with Gasteiger partial charge >= 0.3 is 0 Å². The molecule has 0 radical (unpaired) electrons. The first-order valence-corrected chi connectivity index (χ1v) is 8.72. The molecule has 4 nitrogen and oxygen atoms in total. The molecule has 0 aromatic heterocycles. The molecule has 0 aliphatic carbocycles. The number of halogens is 3. The van der Waals surface area contributed by atoms with Gasteiger partial charge in [-0.25, -0.2) is 0 Å². The number of anilines is 1. The van der Waals surface area contributed by atoms with Crippen molar-refractivity contribution in [2.45, 2.75) is 4.90 Å². The molecule has 0 aliphatic heterocycles. The maximum absolute atomic E-state index is 12.0. The second kappa shape index (κ2) is 7.33. The molecular formula is C14H11Cl3N2O2S. The predicted octanol–water partition coefficient (Wildman–Crippen LogP) is 4.14. The first-order valence-electron chi connectivity index (χ1n) is 6.03. The van der Waals surface area contributed by atoms with E-state index < -0.39 is 10.8 Å². The Balaban J connectivity index is 2.08. The number of carbonyl (C=O) groups is 1. The summed E-state index contributed by atoms with van der Waals surface area (Å²) in [6.07, 6.45) is 1.57. The Kier molecular flexibility index (Phi) is 5.69. The number of hydrogen-bond donors (Lipinski definition) is 2. The zero-order valence-electron chi connectivity index (χ0n) is 11.3. The number of hydrazine groups is 1. The lowest BCUT2D eigenvalue weighted by Crippen LogP contribution is -2.29. The van der Waals surface area contributed by atoms with Crippen LogP contribution in [0.2, 0.25) is 15.1 Å². The lowest BCUT2D eigenvalue weighted by molar-refractivity contribution is 0.0962. The fraction of sp³-hybridized carbons (Fsp3) is 0.0714. The van der Waals surface area contributed by atoms with Crippen molar-refractivity contribution in [2.75, 3.05) is 11.7 Å². The molecule has 2 aromatic carbocycles. The maximum atomic E-state index is 12.0. The molecule has 0 fully saturated rings. The van der Waals surface area contributed by atoms with E-state index in [1.54, 1.807) is 30.5 Å². The van der Waals surface area contributed by atoms with E-state index in [2.05, 4.69) is 10.9 Å². The van der Waals surface area contributed by atoms with E-state index in [0.29, 0.717) is 21.2 Å². The number of rotatable bonds is 4. The van der Waals surface area contributed by atoms with E-state index >= 15 is 0 Å². The molecular weight excluding hydrogens is 367 g/mol. The van der Waals surface area contributed by atoms with Crippen molar-refractivity contribution >= 4 is 57.2 Å². The Hall–Kier alpha value is -1.27. The van der Waals surface area contributed by atoms with Crippen molar-refractivity contribution in [1.82, 2.24) is 5.43 Å². The van der Waals surface area contributed by atoms with E-state index in [0.717, 1.165) is 0 Å². The molecule has 8 heteroatoms. The zero-order valence-corrected chi connectivity index (χ0v) is 14.4. The van der Waals surface area contributed by atoms with Crippen molar-refractivity contribution in [3.05, 3.63) is 57.0 Å². The fourth-order valence-electron chi connectivity index (χ4n) is 1.65. The van der Waals surface area contributed by atoms with Crippen LogP contribution in [0.1, 0.15) is 10.4 Å². The van der Waals surface area contributed by atoms with Crippen LogP contribution in [0.4, 0.5) is 5.69 Å². The summed E-state index contributed by atoms with van der Waals surface area (Å²) in [5, 5.41) is 0.971. The molecule has 2 N–H and O–H groups in total. The third-order valence-corrected chi connectivity index (χ3v) is 4.51. The highest BCUT2D eigenvalue weighted by atomic mass is 35.5. The van der Waals surface area contributed by atoms with Gasteiger partial charge in [-0.2, -0.15) is 0 Å². The van der Waals surface area contributed by atoms with Gasteiger partial charge in [-0.3, -0.25) is 19.9 Å². The first-order chi connectivity index (χ1) is 10.4. The highest BCUT2D eigenvalue weighted by Gasteiger charge is 2.10. The van der Waals surface area contributed by atoms with Gasteiger partial charge in [-0.15, -0.1) is 0 Å². The quantitative estimate of drug-likeness (QED) is 0.787. The highest BCUT2D eigenvalue weighted by molar-refractivity contribution is 7.84. The molecule has 0 spiro atoms. The Morgan fingerprint density at radius 3 is 2.09 bits per heavy atom. The summed E-state index contributed by atoms with van der Waals surface area (Å²) in [5.74, 6) is -0.379. The second-order valence-corrected chi connectivity index (χ2v) is 6.93. The molecule has 0 saturated heterocycles. The minimum Gasteiger partial charge on any atom is -0.295 e. The average Bonchev–Trinajstić information content (AvgIpc) is 2.46. The van der Waals surface area contributed by atoms with Crippen LogP contribution in [-0.4, -0.2) is 16.4 Å². The minimum absolute atomic E-state index is 0.287. The number of amides is 1. The first kappa shape index (κ1) is 17.1. The van der Waals surface area contributed by atoms with Crippen LogP contribution < -0.4 is 10.9 Å². The number of nitrogens with one attached hydrogen (secondary N) is 2. The molecule has 0 saturated carbocycles. The molecule has 2 rings (SSSR count). The monoisotopic (exact) mass is 376 g/mol. The Bertz CT molecular complexity index is 712. The van der Waals surface area contributed by atoms with Gasteiger partial charge in [0.1, 0.15) is 0 Å². The largest absolute Gasteiger partial charge is 0.295 e. The summed E-state index contributed by atoms with van der Waals surface area (Å²) in [7, 11) is -1.09. The summed E-state index contributed by atoms with van der Waals surface area (Å²) < 4.78 is 11.3. The Labute approximate surface area is 145 Å². The van der Waals surface area contributed by atoms with Crippen LogP contribution in [0.3, 0.4) is 0 Å². The van der Waals surface area contributed by atoms with Crippen LogP contribution in [0.15, 0.2) is 41.3 Å². The third kappa shape index (κ3) is 4.14. The van der Waals surface area contributed by atoms with Gasteiger partial charge < -0.3 is 0 Å². The normalized spacial score (nSPS) is 11.8. The SMILES string of the molecule is CS(=O)c1ccc(C(=O)NNc2c(Cl)cc(Cl)cc2Cl)cc1. The topological polar surface area (TPSA) is 58.2 Å². The standard InChI is InChI=1S/C14H11Cl3N2O2S/c1-22(21)10-4-2-8(3-5-10)14(20)19-18-13-11(16)6-9(15)7-12(13)17/h2-7,18H,1H3,(H,19,20). The Morgan fingerprint density at radius 2 is 1.59 bits per heavy atom. The van der Waals surface area contributed by atoms with Crippen LogP contribution in [0, 0.1) is 0 Å². The summed E-state index contributed by atoms with van der Waals surface area (Å²) in [6.45, 7) is 0. The third-order valence-electron chi connectivity index (χ3n) is 2.76.